The van der Waals surface area contributed by atoms with Gasteiger partial charge in [0.25, 0.3) is 5.91 Å². The Morgan fingerprint density at radius 1 is 0.913 bits per heavy atom. The summed E-state index contributed by atoms with van der Waals surface area (Å²) >= 11 is 0. The zero-order chi connectivity index (χ0) is 16.8. The van der Waals surface area contributed by atoms with Crippen LogP contribution in [-0.2, 0) is 11.3 Å². The lowest BCUT2D eigenvalue weighted by Gasteiger charge is -2.08. The third kappa shape index (κ3) is 4.95. The fraction of sp³-hybridized carbons (Fsp3) is 0.263. The smallest absolute Gasteiger partial charge is 0.251 e. The molecule has 4 nitrogen and oxygen atoms in total. The Morgan fingerprint density at radius 3 is 2.39 bits per heavy atom. The zero-order valence-electron chi connectivity index (χ0n) is 13.8. The topological polar surface area (TPSA) is 58.2 Å². The number of rotatable bonds is 5. The van der Waals surface area contributed by atoms with Crippen LogP contribution in [0.4, 0.5) is 0 Å². The summed E-state index contributed by atoms with van der Waals surface area (Å²) in [6, 6.07) is 13.4. The molecular formula is C19H22N2O2. The predicted octanol–water partition coefficient (Wildman–Crippen LogP) is 2.66. The summed E-state index contributed by atoms with van der Waals surface area (Å²) in [6.07, 6.45) is 0. The maximum Gasteiger partial charge on any atom is 0.251 e. The highest BCUT2D eigenvalue weighted by Crippen LogP contribution is 2.09. The van der Waals surface area contributed by atoms with Gasteiger partial charge in [-0.15, -0.1) is 0 Å². The fourth-order valence-corrected chi connectivity index (χ4v) is 2.23. The first-order valence-corrected chi connectivity index (χ1v) is 7.63. The standard InChI is InChI=1S/C19H22N2O2/c1-13-5-4-6-16(9-13)11-20-18(22)12-21-19(23)17-8-7-14(2)15(3)10-17/h4-10H,11-12H2,1-3H3,(H,20,22)(H,21,23). The van der Waals surface area contributed by atoms with Gasteiger partial charge in [-0.05, 0) is 49.6 Å². The first-order valence-electron chi connectivity index (χ1n) is 7.63. The molecule has 0 saturated carbocycles. The van der Waals surface area contributed by atoms with Crippen molar-refractivity contribution in [3.63, 3.8) is 0 Å². The molecular weight excluding hydrogens is 288 g/mol. The van der Waals surface area contributed by atoms with Crippen LogP contribution in [0, 0.1) is 20.8 Å². The molecule has 0 aliphatic heterocycles. The molecule has 0 spiro atoms. The molecule has 23 heavy (non-hydrogen) atoms. The highest BCUT2D eigenvalue weighted by Gasteiger charge is 2.08. The van der Waals surface area contributed by atoms with Crippen LogP contribution in [-0.4, -0.2) is 18.4 Å². The predicted molar refractivity (Wildman–Crippen MR) is 91.3 cm³/mol. The first-order chi connectivity index (χ1) is 11.0. The van der Waals surface area contributed by atoms with Crippen molar-refractivity contribution < 1.29 is 9.59 Å². The maximum atomic E-state index is 12.0. The van der Waals surface area contributed by atoms with Crippen LogP contribution in [0.15, 0.2) is 42.5 Å². The van der Waals surface area contributed by atoms with E-state index in [1.165, 1.54) is 0 Å². The Bertz CT molecular complexity index is 723. The van der Waals surface area contributed by atoms with E-state index in [-0.39, 0.29) is 18.4 Å². The van der Waals surface area contributed by atoms with Gasteiger partial charge in [-0.2, -0.15) is 0 Å². The Morgan fingerprint density at radius 2 is 1.70 bits per heavy atom. The van der Waals surface area contributed by atoms with Crippen molar-refractivity contribution in [2.75, 3.05) is 6.54 Å². The normalized spacial score (nSPS) is 10.2. The third-order valence-corrected chi connectivity index (χ3v) is 3.75. The summed E-state index contributed by atoms with van der Waals surface area (Å²) in [5, 5.41) is 5.44. The number of benzene rings is 2. The van der Waals surface area contributed by atoms with Gasteiger partial charge in [0.1, 0.15) is 0 Å². The molecule has 0 heterocycles. The van der Waals surface area contributed by atoms with Gasteiger partial charge in [-0.1, -0.05) is 35.9 Å². The van der Waals surface area contributed by atoms with Crippen LogP contribution in [0.5, 0.6) is 0 Å². The minimum absolute atomic E-state index is 0.0302. The van der Waals surface area contributed by atoms with E-state index in [4.69, 9.17) is 0 Å². The Kier molecular flexibility index (Phi) is 5.52. The minimum atomic E-state index is -0.237. The van der Waals surface area contributed by atoms with Crippen LogP contribution < -0.4 is 10.6 Å². The minimum Gasteiger partial charge on any atom is -0.350 e. The van der Waals surface area contributed by atoms with Crippen molar-refractivity contribution in [1.82, 2.24) is 10.6 Å². The molecule has 0 radical (unpaired) electrons. The Labute approximate surface area is 136 Å². The van der Waals surface area contributed by atoms with E-state index in [2.05, 4.69) is 10.6 Å². The zero-order valence-corrected chi connectivity index (χ0v) is 13.8. The number of carbonyl (C=O) groups is 2. The number of nitrogens with one attached hydrogen (secondary N) is 2. The molecule has 0 saturated heterocycles. The molecule has 2 N–H and O–H groups in total. The van der Waals surface area contributed by atoms with Gasteiger partial charge in [0.2, 0.25) is 5.91 Å². The maximum absolute atomic E-state index is 12.0. The largest absolute Gasteiger partial charge is 0.350 e. The summed E-state index contributed by atoms with van der Waals surface area (Å²) in [7, 11) is 0. The van der Waals surface area contributed by atoms with Crippen molar-refractivity contribution in [2.24, 2.45) is 0 Å². The molecule has 0 bridgehead atoms. The molecule has 2 aromatic rings. The van der Waals surface area contributed by atoms with E-state index >= 15 is 0 Å². The molecule has 2 rings (SSSR count). The van der Waals surface area contributed by atoms with Crippen molar-refractivity contribution in [3.8, 4) is 0 Å². The average molecular weight is 310 g/mol. The number of hydrogen-bond acceptors (Lipinski definition) is 2. The van der Waals surface area contributed by atoms with E-state index in [1.54, 1.807) is 6.07 Å². The average Bonchev–Trinajstić information content (AvgIpc) is 2.53. The van der Waals surface area contributed by atoms with Crippen LogP contribution in [0.3, 0.4) is 0 Å². The SMILES string of the molecule is Cc1cccc(CNC(=O)CNC(=O)c2ccc(C)c(C)c2)c1. The number of amides is 2. The quantitative estimate of drug-likeness (QED) is 0.892. The van der Waals surface area contributed by atoms with Crippen LogP contribution >= 0.6 is 0 Å². The second-order valence-electron chi connectivity index (χ2n) is 5.75. The van der Waals surface area contributed by atoms with Crippen molar-refractivity contribution in [2.45, 2.75) is 27.3 Å². The highest BCUT2D eigenvalue weighted by atomic mass is 16.2. The van der Waals surface area contributed by atoms with E-state index in [0.29, 0.717) is 12.1 Å². The fourth-order valence-electron chi connectivity index (χ4n) is 2.23. The Balaban J connectivity index is 1.81. The molecule has 0 aromatic heterocycles. The van der Waals surface area contributed by atoms with Gasteiger partial charge in [-0.3, -0.25) is 9.59 Å². The van der Waals surface area contributed by atoms with Gasteiger partial charge < -0.3 is 10.6 Å². The molecule has 0 aliphatic rings. The van der Waals surface area contributed by atoms with E-state index in [9.17, 15) is 9.59 Å². The van der Waals surface area contributed by atoms with E-state index in [0.717, 1.165) is 22.3 Å². The van der Waals surface area contributed by atoms with E-state index < -0.39 is 0 Å². The number of hydrogen-bond donors (Lipinski definition) is 2. The monoisotopic (exact) mass is 310 g/mol. The second-order valence-corrected chi connectivity index (χ2v) is 5.75. The highest BCUT2D eigenvalue weighted by molar-refractivity contribution is 5.96. The van der Waals surface area contributed by atoms with Gasteiger partial charge in [0.15, 0.2) is 0 Å². The number of carbonyl (C=O) groups excluding carboxylic acids is 2. The summed E-state index contributed by atoms with van der Waals surface area (Å²) in [4.78, 5) is 23.9. The molecule has 4 heteroatoms. The van der Waals surface area contributed by atoms with Gasteiger partial charge in [-0.25, -0.2) is 0 Å². The van der Waals surface area contributed by atoms with Gasteiger partial charge >= 0.3 is 0 Å². The van der Waals surface area contributed by atoms with E-state index in [1.807, 2.05) is 57.2 Å². The van der Waals surface area contributed by atoms with Crippen LogP contribution in [0.2, 0.25) is 0 Å². The summed E-state index contributed by atoms with van der Waals surface area (Å²) in [5.41, 5.74) is 4.96. The lowest BCUT2D eigenvalue weighted by molar-refractivity contribution is -0.120. The molecule has 0 unspecified atom stereocenters. The molecule has 0 aliphatic carbocycles. The lowest BCUT2D eigenvalue weighted by Crippen LogP contribution is -2.36. The summed E-state index contributed by atoms with van der Waals surface area (Å²) in [5.74, 6) is -0.442. The molecule has 0 atom stereocenters. The van der Waals surface area contributed by atoms with Crippen LogP contribution in [0.25, 0.3) is 0 Å². The second kappa shape index (κ2) is 7.58. The number of aryl methyl sites for hydroxylation is 3. The third-order valence-electron chi connectivity index (χ3n) is 3.75. The Hall–Kier alpha value is -2.62. The van der Waals surface area contributed by atoms with Crippen molar-refractivity contribution in [1.29, 1.82) is 0 Å². The first kappa shape index (κ1) is 16.7. The molecule has 120 valence electrons. The summed E-state index contributed by atoms with van der Waals surface area (Å²) in [6.45, 7) is 6.39. The molecule has 0 fully saturated rings. The van der Waals surface area contributed by atoms with Crippen LogP contribution in [0.1, 0.15) is 32.6 Å². The van der Waals surface area contributed by atoms with Crippen molar-refractivity contribution >= 4 is 11.8 Å². The molecule has 2 aromatic carbocycles. The lowest BCUT2D eigenvalue weighted by atomic mass is 10.1. The van der Waals surface area contributed by atoms with Gasteiger partial charge in [0.05, 0.1) is 6.54 Å². The summed E-state index contributed by atoms with van der Waals surface area (Å²) < 4.78 is 0. The van der Waals surface area contributed by atoms with Crippen molar-refractivity contribution in [3.05, 3.63) is 70.3 Å². The van der Waals surface area contributed by atoms with Gasteiger partial charge in [0, 0.05) is 12.1 Å². The molecule has 2 amide bonds.